The predicted molar refractivity (Wildman–Crippen MR) is 117 cm³/mol. The summed E-state index contributed by atoms with van der Waals surface area (Å²) in [6, 6.07) is 14.6. The molecule has 0 amide bonds. The average molecular weight is 412 g/mol. The maximum absolute atomic E-state index is 6.12. The number of hydrogen-bond acceptors (Lipinski definition) is 5. The Morgan fingerprint density at radius 1 is 1.13 bits per heavy atom. The van der Waals surface area contributed by atoms with Crippen LogP contribution in [0.4, 0.5) is 0 Å². The minimum atomic E-state index is 0.0572. The van der Waals surface area contributed by atoms with Crippen LogP contribution in [-0.2, 0) is 16.7 Å². The largest absolute Gasteiger partial charge is 0.496 e. The average Bonchev–Trinajstić information content (AvgIpc) is 3.25. The molecule has 0 bridgehead atoms. The number of rotatable bonds is 8. The molecule has 0 aromatic heterocycles. The van der Waals surface area contributed by atoms with Crippen LogP contribution in [0.15, 0.2) is 42.5 Å². The lowest BCUT2D eigenvalue weighted by molar-refractivity contribution is -0.0473. The minimum Gasteiger partial charge on any atom is -0.496 e. The summed E-state index contributed by atoms with van der Waals surface area (Å²) >= 11 is 0. The Labute approximate surface area is 179 Å². The van der Waals surface area contributed by atoms with E-state index in [-0.39, 0.29) is 11.5 Å². The van der Waals surface area contributed by atoms with E-state index in [0.717, 1.165) is 56.2 Å². The molecular formula is C25H33NO4. The number of para-hydroxylation sites is 1. The molecule has 2 aliphatic rings. The van der Waals surface area contributed by atoms with E-state index in [0.29, 0.717) is 12.7 Å². The van der Waals surface area contributed by atoms with Gasteiger partial charge in [0.1, 0.15) is 5.75 Å². The van der Waals surface area contributed by atoms with Crippen LogP contribution in [0.3, 0.4) is 0 Å². The third-order valence-corrected chi connectivity index (χ3v) is 6.47. The quantitative estimate of drug-likeness (QED) is 0.640. The van der Waals surface area contributed by atoms with E-state index >= 15 is 0 Å². The molecule has 1 fully saturated rings. The van der Waals surface area contributed by atoms with Crippen LogP contribution in [0.5, 0.6) is 17.2 Å². The van der Waals surface area contributed by atoms with Crippen molar-refractivity contribution in [2.75, 3.05) is 27.1 Å². The van der Waals surface area contributed by atoms with Crippen molar-refractivity contribution < 1.29 is 18.9 Å². The van der Waals surface area contributed by atoms with Crippen molar-refractivity contribution in [2.24, 2.45) is 5.92 Å². The summed E-state index contributed by atoms with van der Waals surface area (Å²) in [5.74, 6) is 3.15. The molecule has 4 rings (SSSR count). The van der Waals surface area contributed by atoms with Crippen molar-refractivity contribution >= 4 is 0 Å². The van der Waals surface area contributed by atoms with Gasteiger partial charge in [-0.2, -0.15) is 0 Å². The zero-order valence-electron chi connectivity index (χ0n) is 18.3. The second-order valence-electron chi connectivity index (χ2n) is 8.70. The van der Waals surface area contributed by atoms with Gasteiger partial charge in [0.05, 0.1) is 13.2 Å². The van der Waals surface area contributed by atoms with E-state index < -0.39 is 0 Å². The highest BCUT2D eigenvalue weighted by Crippen LogP contribution is 2.45. The van der Waals surface area contributed by atoms with Gasteiger partial charge in [-0.1, -0.05) is 38.1 Å². The molecule has 2 aliphatic heterocycles. The van der Waals surface area contributed by atoms with Crippen LogP contribution in [0.1, 0.15) is 44.2 Å². The molecule has 2 aromatic rings. The van der Waals surface area contributed by atoms with Gasteiger partial charge in [-0.15, -0.1) is 0 Å². The maximum atomic E-state index is 6.12. The van der Waals surface area contributed by atoms with Crippen LogP contribution in [0.25, 0.3) is 0 Å². The fraction of sp³-hybridized carbons (Fsp3) is 0.520. The zero-order valence-corrected chi connectivity index (χ0v) is 18.3. The van der Waals surface area contributed by atoms with E-state index in [1.165, 1.54) is 11.1 Å². The molecule has 0 radical (unpaired) electrons. The molecule has 0 aliphatic carbocycles. The summed E-state index contributed by atoms with van der Waals surface area (Å²) in [6.07, 6.45) is 3.36. The van der Waals surface area contributed by atoms with Gasteiger partial charge < -0.3 is 24.3 Å². The van der Waals surface area contributed by atoms with E-state index in [4.69, 9.17) is 18.9 Å². The van der Waals surface area contributed by atoms with Crippen LogP contribution >= 0.6 is 0 Å². The lowest BCUT2D eigenvalue weighted by Gasteiger charge is -2.43. The Morgan fingerprint density at radius 2 is 1.97 bits per heavy atom. The van der Waals surface area contributed by atoms with Crippen molar-refractivity contribution in [3.63, 3.8) is 0 Å². The molecule has 2 atom stereocenters. The minimum absolute atomic E-state index is 0.0572. The molecule has 0 saturated carbocycles. The molecule has 5 nitrogen and oxygen atoms in total. The molecule has 0 unspecified atom stereocenters. The second-order valence-corrected chi connectivity index (χ2v) is 8.70. The molecule has 162 valence electrons. The number of ether oxygens (including phenoxy) is 4. The highest BCUT2D eigenvalue weighted by Gasteiger charge is 2.40. The fourth-order valence-corrected chi connectivity index (χ4v) is 4.68. The molecule has 5 heteroatoms. The summed E-state index contributed by atoms with van der Waals surface area (Å²) < 4.78 is 22.8. The van der Waals surface area contributed by atoms with Crippen molar-refractivity contribution in [1.82, 2.24) is 5.32 Å². The van der Waals surface area contributed by atoms with Gasteiger partial charge in [-0.05, 0) is 55.5 Å². The third-order valence-electron chi connectivity index (χ3n) is 6.47. The first kappa shape index (κ1) is 21.0. The maximum Gasteiger partial charge on any atom is 0.231 e. The van der Waals surface area contributed by atoms with Gasteiger partial charge >= 0.3 is 0 Å². The number of methoxy groups -OCH3 is 1. The lowest BCUT2D eigenvalue weighted by Crippen LogP contribution is -2.42. The monoisotopic (exact) mass is 411 g/mol. The van der Waals surface area contributed by atoms with Crippen LogP contribution in [-0.4, -0.2) is 33.2 Å². The SMILES string of the molecule is COc1ccccc1[C@@]1(CCNCc2ccc3c(c2)OCO3)CCO[C@H](C(C)C)C1. The fourth-order valence-electron chi connectivity index (χ4n) is 4.68. The first-order chi connectivity index (χ1) is 14.6. The standard InChI is InChI=1S/C25H33NO4/c1-18(2)24-15-25(11-13-28-24,20-6-4-5-7-21(20)27-3)10-12-26-16-19-8-9-22-23(14-19)30-17-29-22/h4-9,14,18,24,26H,10-13,15-17H2,1-3H3/t24-,25-/m0/s1. The molecular weight excluding hydrogens is 378 g/mol. The van der Waals surface area contributed by atoms with Gasteiger partial charge in [0.25, 0.3) is 0 Å². The van der Waals surface area contributed by atoms with Gasteiger partial charge in [0.2, 0.25) is 6.79 Å². The Morgan fingerprint density at radius 3 is 2.80 bits per heavy atom. The van der Waals surface area contributed by atoms with E-state index in [2.05, 4.69) is 49.5 Å². The van der Waals surface area contributed by atoms with Crippen LogP contribution in [0.2, 0.25) is 0 Å². The van der Waals surface area contributed by atoms with Gasteiger partial charge in [0.15, 0.2) is 11.5 Å². The summed E-state index contributed by atoms with van der Waals surface area (Å²) in [6.45, 7) is 7.34. The molecule has 1 N–H and O–H groups in total. The summed E-state index contributed by atoms with van der Waals surface area (Å²) in [5, 5.41) is 3.64. The van der Waals surface area contributed by atoms with Gasteiger partial charge in [-0.25, -0.2) is 0 Å². The van der Waals surface area contributed by atoms with Crippen LogP contribution in [0, 0.1) is 5.92 Å². The first-order valence-electron chi connectivity index (χ1n) is 11.0. The van der Waals surface area contributed by atoms with E-state index in [1.807, 2.05) is 12.1 Å². The summed E-state index contributed by atoms with van der Waals surface area (Å²) in [4.78, 5) is 0. The van der Waals surface area contributed by atoms with E-state index in [1.54, 1.807) is 7.11 Å². The Kier molecular flexibility index (Phi) is 6.49. The normalized spacial score (nSPS) is 23.0. The topological polar surface area (TPSA) is 49.0 Å². The van der Waals surface area contributed by atoms with Gasteiger partial charge in [0, 0.05) is 24.1 Å². The number of benzene rings is 2. The van der Waals surface area contributed by atoms with Crippen LogP contribution < -0.4 is 19.5 Å². The van der Waals surface area contributed by atoms with Crippen molar-refractivity contribution in [1.29, 1.82) is 0 Å². The Hall–Kier alpha value is -2.24. The zero-order chi connectivity index (χ0) is 21.0. The Balaban J connectivity index is 1.46. The highest BCUT2D eigenvalue weighted by atomic mass is 16.7. The molecule has 2 aromatic carbocycles. The van der Waals surface area contributed by atoms with E-state index in [9.17, 15) is 0 Å². The third kappa shape index (κ3) is 4.42. The lowest BCUT2D eigenvalue weighted by atomic mass is 9.68. The number of hydrogen-bond donors (Lipinski definition) is 1. The smallest absolute Gasteiger partial charge is 0.231 e. The first-order valence-corrected chi connectivity index (χ1v) is 11.0. The number of nitrogens with one attached hydrogen (secondary N) is 1. The second kappa shape index (κ2) is 9.27. The van der Waals surface area contributed by atoms with Crippen molar-refractivity contribution in [3.05, 3.63) is 53.6 Å². The molecule has 0 spiro atoms. The summed E-state index contributed by atoms with van der Waals surface area (Å²) in [5.41, 5.74) is 2.57. The predicted octanol–water partition coefficient (Wildman–Crippen LogP) is 4.68. The molecule has 30 heavy (non-hydrogen) atoms. The summed E-state index contributed by atoms with van der Waals surface area (Å²) in [7, 11) is 1.77. The van der Waals surface area contributed by atoms with Gasteiger partial charge in [-0.3, -0.25) is 0 Å². The Bertz CT molecular complexity index is 853. The molecule has 2 heterocycles. The van der Waals surface area contributed by atoms with Crippen molar-refractivity contribution in [3.8, 4) is 17.2 Å². The number of fused-ring (bicyclic) bond motifs is 1. The highest BCUT2D eigenvalue weighted by molar-refractivity contribution is 5.44. The van der Waals surface area contributed by atoms with Crippen molar-refractivity contribution in [2.45, 2.75) is 51.2 Å². The molecule has 1 saturated heterocycles.